The number of nitrogens with zero attached hydrogens (tertiary/aromatic N) is 2. The molecule has 0 atom stereocenters. The maximum atomic E-state index is 9.55. The minimum absolute atomic E-state index is 0.0000732. The Hall–Kier alpha value is -1.95. The van der Waals surface area contributed by atoms with Gasteiger partial charge in [0.05, 0.1) is 30.4 Å². The van der Waals surface area contributed by atoms with Crippen LogP contribution in [0.25, 0.3) is 10.9 Å². The summed E-state index contributed by atoms with van der Waals surface area (Å²) in [6, 6.07) is 3.13. The Labute approximate surface area is 85.9 Å². The van der Waals surface area contributed by atoms with Crippen molar-refractivity contribution in [3.63, 3.8) is 0 Å². The van der Waals surface area contributed by atoms with Crippen LogP contribution in [0.5, 0.6) is 5.75 Å². The second-order valence-corrected chi connectivity index (χ2v) is 3.12. The van der Waals surface area contributed by atoms with Gasteiger partial charge in [-0.3, -0.25) is 0 Å². The summed E-state index contributed by atoms with van der Waals surface area (Å²) in [6.45, 7) is 0.367. The van der Waals surface area contributed by atoms with Gasteiger partial charge in [0.25, 0.3) is 0 Å². The Morgan fingerprint density at radius 3 is 3.00 bits per heavy atom. The number of aliphatic hydroxyl groups excluding tert-OH is 1. The number of hydrogen-bond donors (Lipinski definition) is 4. The second kappa shape index (κ2) is 3.66. The van der Waals surface area contributed by atoms with Crippen molar-refractivity contribution in [2.75, 3.05) is 24.3 Å². The number of nitrogens with two attached hydrogens (primary N) is 1. The van der Waals surface area contributed by atoms with Crippen LogP contribution in [-0.4, -0.2) is 33.3 Å². The van der Waals surface area contributed by atoms with Crippen LogP contribution in [0.3, 0.4) is 0 Å². The van der Waals surface area contributed by atoms with Crippen LogP contribution >= 0.6 is 0 Å². The van der Waals surface area contributed by atoms with Crippen LogP contribution in [0.2, 0.25) is 0 Å². The number of phenols is 1. The standard InChI is InChI=1S/C9H12N4O2/c10-7-1-2-8(15)6-5-12-13(9(6)7)11-3-4-14/h1-2,5,11,14-15H,3-4,10H2. The molecule has 6 heteroatoms. The SMILES string of the molecule is Nc1ccc(O)c2cnn(NCCO)c12. The zero-order valence-electron chi connectivity index (χ0n) is 8.01. The maximum absolute atomic E-state index is 9.55. The van der Waals surface area contributed by atoms with Gasteiger partial charge >= 0.3 is 0 Å². The number of aromatic hydroxyl groups is 1. The summed E-state index contributed by atoms with van der Waals surface area (Å²) in [6.07, 6.45) is 1.52. The molecule has 0 saturated carbocycles. The van der Waals surface area contributed by atoms with Gasteiger partial charge in [0.1, 0.15) is 11.3 Å². The molecule has 0 saturated heterocycles. The van der Waals surface area contributed by atoms with E-state index < -0.39 is 0 Å². The molecule has 6 nitrogen and oxygen atoms in total. The van der Waals surface area contributed by atoms with Crippen molar-refractivity contribution in [1.82, 2.24) is 9.89 Å². The minimum Gasteiger partial charge on any atom is -0.507 e. The molecule has 0 spiro atoms. The normalized spacial score (nSPS) is 10.7. The smallest absolute Gasteiger partial charge is 0.126 e. The van der Waals surface area contributed by atoms with Crippen molar-refractivity contribution in [2.24, 2.45) is 0 Å². The highest BCUT2D eigenvalue weighted by molar-refractivity contribution is 5.94. The lowest BCUT2D eigenvalue weighted by Gasteiger charge is -2.07. The molecule has 2 rings (SSSR count). The van der Waals surface area contributed by atoms with Gasteiger partial charge in [-0.05, 0) is 12.1 Å². The number of aliphatic hydroxyl groups is 1. The second-order valence-electron chi connectivity index (χ2n) is 3.12. The molecule has 0 aliphatic carbocycles. The molecule has 1 heterocycles. The lowest BCUT2D eigenvalue weighted by atomic mass is 10.2. The van der Waals surface area contributed by atoms with E-state index in [9.17, 15) is 5.11 Å². The number of aromatic nitrogens is 2. The van der Waals surface area contributed by atoms with Gasteiger partial charge in [0.15, 0.2) is 0 Å². The van der Waals surface area contributed by atoms with E-state index in [4.69, 9.17) is 10.8 Å². The average molecular weight is 208 g/mol. The van der Waals surface area contributed by atoms with Crippen LogP contribution in [0.15, 0.2) is 18.3 Å². The largest absolute Gasteiger partial charge is 0.507 e. The van der Waals surface area contributed by atoms with Gasteiger partial charge in [-0.2, -0.15) is 9.89 Å². The first-order valence-corrected chi connectivity index (χ1v) is 4.54. The third-order valence-electron chi connectivity index (χ3n) is 2.11. The van der Waals surface area contributed by atoms with Crippen molar-refractivity contribution in [2.45, 2.75) is 0 Å². The van der Waals surface area contributed by atoms with Crippen molar-refractivity contribution < 1.29 is 10.2 Å². The summed E-state index contributed by atoms with van der Waals surface area (Å²) in [5.41, 5.74) is 9.75. The Kier molecular flexibility index (Phi) is 2.34. The first-order valence-electron chi connectivity index (χ1n) is 4.54. The third-order valence-corrected chi connectivity index (χ3v) is 2.11. The van der Waals surface area contributed by atoms with Crippen LogP contribution in [0.4, 0.5) is 5.69 Å². The molecule has 5 N–H and O–H groups in total. The predicted molar refractivity (Wildman–Crippen MR) is 57.1 cm³/mol. The fourth-order valence-corrected chi connectivity index (χ4v) is 1.43. The van der Waals surface area contributed by atoms with Gasteiger partial charge in [-0.1, -0.05) is 0 Å². The van der Waals surface area contributed by atoms with E-state index in [1.54, 1.807) is 6.07 Å². The van der Waals surface area contributed by atoms with E-state index >= 15 is 0 Å². The average Bonchev–Trinajstić information content (AvgIpc) is 2.65. The number of rotatable bonds is 3. The number of fused-ring (bicyclic) bond motifs is 1. The summed E-state index contributed by atoms with van der Waals surface area (Å²) in [7, 11) is 0. The number of nitrogens with one attached hydrogen (secondary N) is 1. The lowest BCUT2D eigenvalue weighted by molar-refractivity contribution is 0.306. The van der Waals surface area contributed by atoms with Crippen molar-refractivity contribution in [3.8, 4) is 5.75 Å². The van der Waals surface area contributed by atoms with E-state index in [1.165, 1.54) is 17.1 Å². The third kappa shape index (κ3) is 1.55. The Morgan fingerprint density at radius 2 is 2.27 bits per heavy atom. The highest BCUT2D eigenvalue weighted by atomic mass is 16.3. The van der Waals surface area contributed by atoms with E-state index in [1.807, 2.05) is 0 Å². The number of anilines is 1. The summed E-state index contributed by atoms with van der Waals surface area (Å²) in [5.74, 6) is 0.135. The monoisotopic (exact) mass is 208 g/mol. The summed E-state index contributed by atoms with van der Waals surface area (Å²) >= 11 is 0. The highest BCUT2D eigenvalue weighted by Gasteiger charge is 2.09. The quantitative estimate of drug-likeness (QED) is 0.416. The van der Waals surface area contributed by atoms with Gasteiger partial charge in [-0.15, -0.1) is 0 Å². The van der Waals surface area contributed by atoms with Gasteiger partial charge in [-0.25, -0.2) is 0 Å². The molecule has 0 bridgehead atoms. The zero-order valence-corrected chi connectivity index (χ0v) is 8.01. The van der Waals surface area contributed by atoms with Crippen molar-refractivity contribution in [1.29, 1.82) is 0 Å². The van der Waals surface area contributed by atoms with Gasteiger partial charge < -0.3 is 21.4 Å². The first-order chi connectivity index (χ1) is 7.24. The van der Waals surface area contributed by atoms with Crippen molar-refractivity contribution >= 4 is 16.6 Å². The molecular weight excluding hydrogens is 196 g/mol. The number of nitrogen functional groups attached to an aromatic ring is 1. The summed E-state index contributed by atoms with van der Waals surface area (Å²) in [4.78, 5) is 1.45. The number of hydrogen-bond acceptors (Lipinski definition) is 5. The fourth-order valence-electron chi connectivity index (χ4n) is 1.43. The highest BCUT2D eigenvalue weighted by Crippen LogP contribution is 2.28. The molecule has 15 heavy (non-hydrogen) atoms. The molecule has 0 unspecified atom stereocenters. The van der Waals surface area contributed by atoms with Crippen molar-refractivity contribution in [3.05, 3.63) is 18.3 Å². The minimum atomic E-state index is 0.0000732. The van der Waals surface area contributed by atoms with Crippen LogP contribution in [0.1, 0.15) is 0 Å². The van der Waals surface area contributed by atoms with E-state index in [2.05, 4.69) is 10.5 Å². The molecule has 2 aromatic rings. The Morgan fingerprint density at radius 1 is 1.47 bits per heavy atom. The zero-order chi connectivity index (χ0) is 10.8. The fraction of sp³-hybridized carbons (Fsp3) is 0.222. The van der Waals surface area contributed by atoms with Gasteiger partial charge in [0.2, 0.25) is 0 Å². The molecule has 0 aliphatic heterocycles. The molecular formula is C9H12N4O2. The molecule has 0 radical (unpaired) electrons. The topological polar surface area (TPSA) is 96.3 Å². The predicted octanol–water partition coefficient (Wildman–Crippen LogP) is -0.140. The van der Waals surface area contributed by atoms with Crippen LogP contribution < -0.4 is 11.2 Å². The van der Waals surface area contributed by atoms with Gasteiger partial charge in [0, 0.05) is 0 Å². The summed E-state index contributed by atoms with van der Waals surface area (Å²) < 4.78 is 0. The Balaban J connectivity index is 2.53. The maximum Gasteiger partial charge on any atom is 0.126 e. The number of benzene rings is 1. The lowest BCUT2D eigenvalue weighted by Crippen LogP contribution is -2.19. The van der Waals surface area contributed by atoms with E-state index in [0.29, 0.717) is 23.1 Å². The molecule has 0 fully saturated rings. The molecule has 1 aromatic carbocycles. The van der Waals surface area contributed by atoms with Crippen LogP contribution in [-0.2, 0) is 0 Å². The Bertz CT molecular complexity index is 480. The molecule has 1 aromatic heterocycles. The van der Waals surface area contributed by atoms with Crippen LogP contribution in [0, 0.1) is 0 Å². The first kappa shape index (κ1) is 9.60. The van der Waals surface area contributed by atoms with E-state index in [-0.39, 0.29) is 12.4 Å². The summed E-state index contributed by atoms with van der Waals surface area (Å²) in [5, 5.41) is 22.8. The molecule has 0 aliphatic rings. The molecule has 0 amide bonds. The van der Waals surface area contributed by atoms with E-state index in [0.717, 1.165) is 0 Å². The number of phenolic OH excluding ortho intramolecular Hbond substituents is 1. The molecule has 80 valence electrons.